The van der Waals surface area contributed by atoms with E-state index >= 15 is 0 Å². The number of benzene rings is 4. The molecule has 0 unspecified atom stereocenters. The molecule has 0 aromatic heterocycles. The number of hydrogen-bond donors (Lipinski definition) is 0. The summed E-state index contributed by atoms with van der Waals surface area (Å²) in [5.74, 6) is 0.578. The summed E-state index contributed by atoms with van der Waals surface area (Å²) < 4.78 is 0. The Balaban J connectivity index is 0.000000261. The van der Waals surface area contributed by atoms with Gasteiger partial charge < -0.3 is 14.9 Å². The fraction of sp³-hybridized carbons (Fsp3) is 0.179. The Kier molecular flexibility index (Phi) is 13.0. The van der Waals surface area contributed by atoms with Crippen LogP contribution >= 0.6 is 0 Å². The van der Waals surface area contributed by atoms with Gasteiger partial charge in [0.05, 0.1) is 0 Å². The summed E-state index contributed by atoms with van der Waals surface area (Å²) >= 11 is 1.36. The van der Waals surface area contributed by atoms with Gasteiger partial charge in [0, 0.05) is 0 Å². The average Bonchev–Trinajstić information content (AvgIpc) is 3.57. The van der Waals surface area contributed by atoms with Gasteiger partial charge in [-0.3, -0.25) is 0 Å². The van der Waals surface area contributed by atoms with Crippen molar-refractivity contribution in [2.45, 2.75) is 47.5 Å². The van der Waals surface area contributed by atoms with Crippen LogP contribution in [0.2, 0.25) is 0 Å². The van der Waals surface area contributed by atoms with Crippen molar-refractivity contribution in [3.63, 3.8) is 0 Å². The predicted molar refractivity (Wildman–Crippen MR) is 182 cm³/mol. The van der Waals surface area contributed by atoms with Crippen molar-refractivity contribution in [2.24, 2.45) is 0 Å². The van der Waals surface area contributed by atoms with Gasteiger partial charge in [-0.1, -0.05) is 105 Å². The van der Waals surface area contributed by atoms with Gasteiger partial charge >= 0.3 is 30.2 Å². The summed E-state index contributed by atoms with van der Waals surface area (Å²) in [6.45, 7) is 16.3. The Hall–Kier alpha value is -2.80. The quantitative estimate of drug-likeness (QED) is 0.135. The molecule has 0 bridgehead atoms. The van der Waals surface area contributed by atoms with E-state index in [1.54, 1.807) is 0 Å². The second kappa shape index (κ2) is 15.4. The van der Waals surface area contributed by atoms with E-state index in [4.69, 9.17) is 0 Å². The topological polar surface area (TPSA) is 0 Å². The first-order valence-electron chi connectivity index (χ1n) is 13.6. The third-order valence-corrected chi connectivity index (χ3v) is 7.46. The summed E-state index contributed by atoms with van der Waals surface area (Å²) in [5.41, 5.74) is 12.1. The molecule has 0 aliphatic carbocycles. The molecule has 0 nitrogen and oxygen atoms in total. The normalized spacial score (nSPS) is 10.2. The van der Waals surface area contributed by atoms with Crippen LogP contribution in [0.15, 0.2) is 103 Å². The first-order chi connectivity index (χ1) is 18.8. The molecule has 6 rings (SSSR count). The van der Waals surface area contributed by atoms with Crippen LogP contribution in [-0.2, 0) is 23.3 Å². The standard InChI is InChI=1S/C20H21.C17H15.2CH3.Si.Zr/c1-13(2)17-11-16-6-5-7-18(20(16)12-17)19-10-14(3)8-9-15(19)4;1-12-10-16-13(2)8-9-15(17(16)11-12)14-6-4-3-5-7-14;;;;/h5-13H,1-4H3;3-11H,1-2H3;2*1H3;;/q4*-1;;. The molecule has 0 N–H and O–H groups in total. The van der Waals surface area contributed by atoms with Gasteiger partial charge in [-0.15, -0.1) is 68.6 Å². The summed E-state index contributed by atoms with van der Waals surface area (Å²) in [5, 5.41) is 5.48. The van der Waals surface area contributed by atoms with E-state index in [0.717, 1.165) is 0 Å². The van der Waals surface area contributed by atoms with Crippen LogP contribution in [0.25, 0.3) is 43.8 Å². The number of aryl methyl sites for hydroxylation is 4. The molecule has 0 aliphatic rings. The molecule has 0 spiro atoms. The molecular formula is C39H42SiZr-4. The first kappa shape index (κ1) is 34.4. The Bertz CT molecular complexity index is 1700. The molecule has 0 saturated heterocycles. The van der Waals surface area contributed by atoms with Crippen LogP contribution in [0.1, 0.15) is 47.6 Å². The third-order valence-electron chi connectivity index (χ3n) is 7.46. The summed E-state index contributed by atoms with van der Waals surface area (Å²) in [4.78, 5) is 0. The molecule has 210 valence electrons. The zero-order valence-electron chi connectivity index (χ0n) is 25.9. The van der Waals surface area contributed by atoms with Gasteiger partial charge in [-0.05, 0) is 36.5 Å². The molecule has 0 heterocycles. The summed E-state index contributed by atoms with van der Waals surface area (Å²) in [6, 6.07) is 37.6. The maximum absolute atomic E-state index is 3.06. The zero-order chi connectivity index (χ0) is 28.1. The van der Waals surface area contributed by atoms with Crippen LogP contribution in [0.4, 0.5) is 0 Å². The Morgan fingerprint density at radius 1 is 0.610 bits per heavy atom. The Morgan fingerprint density at radius 2 is 1.29 bits per heavy atom. The van der Waals surface area contributed by atoms with Crippen LogP contribution < -0.4 is 0 Å². The molecular weight excluding hydrogens is 588 g/mol. The Labute approximate surface area is 265 Å². The van der Waals surface area contributed by atoms with Crippen LogP contribution in [-0.4, -0.2) is 6.88 Å². The second-order valence-corrected chi connectivity index (χ2v) is 10.7. The van der Waals surface area contributed by atoms with Crippen LogP contribution in [0, 0.1) is 42.5 Å². The molecule has 0 atom stereocenters. The summed E-state index contributed by atoms with van der Waals surface area (Å²) in [7, 11) is 0. The van der Waals surface area contributed by atoms with Gasteiger partial charge in [0.25, 0.3) is 0 Å². The van der Waals surface area contributed by atoms with Crippen LogP contribution in [0.3, 0.4) is 0 Å². The third kappa shape index (κ3) is 7.73. The predicted octanol–water partition coefficient (Wildman–Crippen LogP) is 11.3. The maximum atomic E-state index is 3.06. The minimum absolute atomic E-state index is 0. The number of rotatable bonds is 3. The molecule has 0 aliphatic heterocycles. The van der Waals surface area contributed by atoms with E-state index in [1.807, 2.05) is 0 Å². The van der Waals surface area contributed by atoms with E-state index in [-0.39, 0.29) is 14.9 Å². The Morgan fingerprint density at radius 3 is 1.98 bits per heavy atom. The van der Waals surface area contributed by atoms with Crippen molar-refractivity contribution >= 4 is 28.4 Å². The van der Waals surface area contributed by atoms with Crippen LogP contribution in [0.5, 0.6) is 0 Å². The van der Waals surface area contributed by atoms with Crippen molar-refractivity contribution in [3.05, 3.63) is 146 Å². The fourth-order valence-corrected chi connectivity index (χ4v) is 5.31. The van der Waals surface area contributed by atoms with E-state index in [2.05, 4.69) is 152 Å². The van der Waals surface area contributed by atoms with E-state index in [1.165, 1.54) is 95.0 Å². The van der Waals surface area contributed by atoms with Crippen molar-refractivity contribution in [3.8, 4) is 22.3 Å². The van der Waals surface area contributed by atoms with Gasteiger partial charge in [-0.2, -0.15) is 12.1 Å². The number of fused-ring (bicyclic) bond motifs is 2. The average molecular weight is 630 g/mol. The van der Waals surface area contributed by atoms with E-state index in [0.29, 0.717) is 5.92 Å². The molecule has 0 saturated carbocycles. The molecule has 41 heavy (non-hydrogen) atoms. The zero-order valence-corrected chi connectivity index (χ0v) is 29.4. The van der Waals surface area contributed by atoms with Crippen molar-refractivity contribution in [1.82, 2.24) is 0 Å². The molecule has 0 fully saturated rings. The van der Waals surface area contributed by atoms with Gasteiger partial charge in [0.1, 0.15) is 0 Å². The fourth-order valence-electron chi connectivity index (χ4n) is 5.31. The van der Waals surface area contributed by atoms with Crippen molar-refractivity contribution < 1.29 is 23.3 Å². The van der Waals surface area contributed by atoms with E-state index in [9.17, 15) is 0 Å². The van der Waals surface area contributed by atoms with Gasteiger partial charge in [-0.25, -0.2) is 0 Å². The second-order valence-electron chi connectivity index (χ2n) is 10.7. The molecule has 2 radical (unpaired) electrons. The molecule has 6 aromatic rings. The number of hydrogen-bond acceptors (Lipinski definition) is 0. The monoisotopic (exact) mass is 628 g/mol. The SMILES string of the molecule is Cc1cc2c(-c3ccccc3)ccc(C)c2[cH-]1.Cc1ccc(C)c(-c2cccc3[cH-]c(C(C)C)cc23)c1.[CH3-].[CH3-].[Si]=[Zr]. The molecule has 0 amide bonds. The summed E-state index contributed by atoms with van der Waals surface area (Å²) in [6.07, 6.45) is 0. The van der Waals surface area contributed by atoms with E-state index < -0.39 is 0 Å². The molecule has 2 heteroatoms. The molecule has 6 aromatic carbocycles. The first-order valence-corrected chi connectivity index (χ1v) is 17.7. The van der Waals surface area contributed by atoms with Gasteiger partial charge in [0.15, 0.2) is 0 Å². The van der Waals surface area contributed by atoms with Gasteiger partial charge in [0.2, 0.25) is 0 Å². The van der Waals surface area contributed by atoms with Crippen molar-refractivity contribution in [2.75, 3.05) is 0 Å². The minimum atomic E-state index is 0. The van der Waals surface area contributed by atoms with Crippen molar-refractivity contribution in [1.29, 1.82) is 0 Å².